The first-order valence-electron chi connectivity index (χ1n) is 7.53. The number of halogens is 2. The molecular formula is C16H16ClFN4O2. The van der Waals surface area contributed by atoms with Crippen molar-refractivity contribution < 1.29 is 13.9 Å². The first kappa shape index (κ1) is 16.6. The van der Waals surface area contributed by atoms with Gasteiger partial charge in [0.05, 0.1) is 17.4 Å². The van der Waals surface area contributed by atoms with Gasteiger partial charge in [0, 0.05) is 24.2 Å². The standard InChI is InChI=1S/C16H16ClFN4O2/c17-12-5-10(24-15-8-20-7-14(21-15)16(19)23)6-13(18)11(12)9-22-3-1-2-4-22/h5-8H,1-4,9H2,(H2,19,23). The molecule has 0 atom stereocenters. The zero-order chi connectivity index (χ0) is 17.1. The summed E-state index contributed by atoms with van der Waals surface area (Å²) in [6.45, 7) is 2.37. The Balaban J connectivity index is 1.79. The van der Waals surface area contributed by atoms with Crippen molar-refractivity contribution in [2.75, 3.05) is 13.1 Å². The lowest BCUT2D eigenvalue weighted by atomic mass is 10.2. The van der Waals surface area contributed by atoms with Gasteiger partial charge >= 0.3 is 0 Å². The fourth-order valence-corrected chi connectivity index (χ4v) is 2.85. The van der Waals surface area contributed by atoms with Gasteiger partial charge in [-0.3, -0.25) is 14.7 Å². The summed E-state index contributed by atoms with van der Waals surface area (Å²) in [6, 6.07) is 2.77. The highest BCUT2D eigenvalue weighted by atomic mass is 35.5. The Morgan fingerprint density at radius 2 is 2.08 bits per heavy atom. The van der Waals surface area contributed by atoms with E-state index in [9.17, 15) is 9.18 Å². The van der Waals surface area contributed by atoms with Gasteiger partial charge in [0.25, 0.3) is 5.91 Å². The monoisotopic (exact) mass is 350 g/mol. The van der Waals surface area contributed by atoms with Crippen molar-refractivity contribution >= 4 is 17.5 Å². The maximum absolute atomic E-state index is 14.4. The molecule has 0 aliphatic carbocycles. The van der Waals surface area contributed by atoms with Crippen LogP contribution in [0.4, 0.5) is 4.39 Å². The van der Waals surface area contributed by atoms with Crippen molar-refractivity contribution in [1.29, 1.82) is 0 Å². The number of benzene rings is 1. The average molecular weight is 351 g/mol. The van der Waals surface area contributed by atoms with Crippen molar-refractivity contribution in [2.45, 2.75) is 19.4 Å². The van der Waals surface area contributed by atoms with Crippen molar-refractivity contribution in [3.8, 4) is 11.6 Å². The molecule has 8 heteroatoms. The molecule has 1 aromatic carbocycles. The van der Waals surface area contributed by atoms with E-state index >= 15 is 0 Å². The molecule has 0 bridgehead atoms. The Kier molecular flexibility index (Phi) is 4.92. The van der Waals surface area contributed by atoms with Gasteiger partial charge in [-0.1, -0.05) is 11.6 Å². The van der Waals surface area contributed by atoms with Crippen LogP contribution in [0.1, 0.15) is 28.9 Å². The molecule has 1 aliphatic rings. The second-order valence-corrected chi connectivity index (χ2v) is 5.96. The quantitative estimate of drug-likeness (QED) is 0.896. The molecule has 1 saturated heterocycles. The third kappa shape index (κ3) is 3.80. The zero-order valence-corrected chi connectivity index (χ0v) is 13.6. The number of carbonyl (C=O) groups is 1. The van der Waals surface area contributed by atoms with Crippen LogP contribution >= 0.6 is 11.6 Å². The largest absolute Gasteiger partial charge is 0.437 e. The van der Waals surface area contributed by atoms with Crippen molar-refractivity contribution in [2.24, 2.45) is 5.73 Å². The first-order chi connectivity index (χ1) is 11.5. The van der Waals surface area contributed by atoms with E-state index in [1.165, 1.54) is 24.5 Å². The van der Waals surface area contributed by atoms with E-state index in [0.29, 0.717) is 12.1 Å². The summed E-state index contributed by atoms with van der Waals surface area (Å²) in [5.41, 5.74) is 5.55. The lowest BCUT2D eigenvalue weighted by Crippen LogP contribution is -2.19. The number of ether oxygens (including phenoxy) is 1. The predicted molar refractivity (Wildman–Crippen MR) is 86.5 cm³/mol. The number of hydrogen-bond acceptors (Lipinski definition) is 5. The van der Waals surface area contributed by atoms with Gasteiger partial charge in [0.15, 0.2) is 0 Å². The minimum absolute atomic E-state index is 0.0362. The van der Waals surface area contributed by atoms with Crippen LogP contribution in [0.15, 0.2) is 24.5 Å². The van der Waals surface area contributed by atoms with E-state index in [1.807, 2.05) is 0 Å². The molecule has 126 valence electrons. The topological polar surface area (TPSA) is 81.3 Å². The van der Waals surface area contributed by atoms with E-state index in [0.717, 1.165) is 25.9 Å². The van der Waals surface area contributed by atoms with Gasteiger partial charge in [-0.15, -0.1) is 0 Å². The van der Waals surface area contributed by atoms with E-state index in [1.54, 1.807) is 0 Å². The minimum Gasteiger partial charge on any atom is -0.437 e. The maximum atomic E-state index is 14.4. The van der Waals surface area contributed by atoms with Crippen LogP contribution < -0.4 is 10.5 Å². The summed E-state index contributed by atoms with van der Waals surface area (Å²) < 4.78 is 19.8. The Labute approximate surface area is 143 Å². The van der Waals surface area contributed by atoms with Crippen LogP contribution in [0.3, 0.4) is 0 Å². The summed E-state index contributed by atoms with van der Waals surface area (Å²) in [5.74, 6) is -0.950. The maximum Gasteiger partial charge on any atom is 0.269 e. The fraction of sp³-hybridized carbons (Fsp3) is 0.312. The van der Waals surface area contributed by atoms with Gasteiger partial charge in [0.2, 0.25) is 5.88 Å². The summed E-state index contributed by atoms with van der Waals surface area (Å²) in [6.07, 6.45) is 4.77. The minimum atomic E-state index is -0.724. The van der Waals surface area contributed by atoms with Gasteiger partial charge < -0.3 is 10.5 Å². The molecule has 0 saturated carbocycles. The zero-order valence-electron chi connectivity index (χ0n) is 12.8. The highest BCUT2D eigenvalue weighted by Crippen LogP contribution is 2.30. The summed E-state index contributed by atoms with van der Waals surface area (Å²) >= 11 is 6.20. The fourth-order valence-electron chi connectivity index (χ4n) is 2.59. The summed E-state index contributed by atoms with van der Waals surface area (Å²) in [7, 11) is 0. The molecule has 1 aliphatic heterocycles. The number of primary amides is 1. The molecular weight excluding hydrogens is 335 g/mol. The van der Waals surface area contributed by atoms with Gasteiger partial charge in [0.1, 0.15) is 17.3 Å². The predicted octanol–water partition coefficient (Wildman–Crippen LogP) is 2.76. The van der Waals surface area contributed by atoms with Crippen LogP contribution in [0, 0.1) is 5.82 Å². The molecule has 0 unspecified atom stereocenters. The molecule has 1 amide bonds. The lowest BCUT2D eigenvalue weighted by molar-refractivity contribution is 0.0994. The van der Waals surface area contributed by atoms with Crippen LogP contribution in [0.2, 0.25) is 5.02 Å². The highest BCUT2D eigenvalue weighted by Gasteiger charge is 2.18. The molecule has 6 nitrogen and oxygen atoms in total. The molecule has 2 aromatic rings. The Morgan fingerprint density at radius 3 is 2.75 bits per heavy atom. The molecule has 24 heavy (non-hydrogen) atoms. The van der Waals surface area contributed by atoms with Gasteiger partial charge in [-0.2, -0.15) is 0 Å². The number of rotatable bonds is 5. The second kappa shape index (κ2) is 7.11. The molecule has 2 N–H and O–H groups in total. The number of nitrogens with two attached hydrogens (primary N) is 1. The van der Waals surface area contributed by atoms with Crippen LogP contribution in [-0.4, -0.2) is 33.9 Å². The smallest absolute Gasteiger partial charge is 0.269 e. The number of amides is 1. The molecule has 3 rings (SSSR count). The third-order valence-electron chi connectivity index (χ3n) is 3.78. The van der Waals surface area contributed by atoms with Gasteiger partial charge in [-0.05, 0) is 25.9 Å². The van der Waals surface area contributed by atoms with Crippen LogP contribution in [0.25, 0.3) is 0 Å². The number of likely N-dealkylation sites (tertiary alicyclic amines) is 1. The van der Waals surface area contributed by atoms with Crippen molar-refractivity contribution in [1.82, 2.24) is 14.9 Å². The normalized spacial score (nSPS) is 14.8. The molecule has 1 fully saturated rings. The molecule has 1 aromatic heterocycles. The van der Waals surface area contributed by atoms with E-state index in [-0.39, 0.29) is 22.3 Å². The highest BCUT2D eigenvalue weighted by molar-refractivity contribution is 6.31. The summed E-state index contributed by atoms with van der Waals surface area (Å²) in [4.78, 5) is 21.0. The van der Waals surface area contributed by atoms with E-state index in [4.69, 9.17) is 22.1 Å². The van der Waals surface area contributed by atoms with Crippen molar-refractivity contribution in [3.05, 3.63) is 46.6 Å². The van der Waals surface area contributed by atoms with E-state index in [2.05, 4.69) is 14.9 Å². The van der Waals surface area contributed by atoms with E-state index < -0.39 is 11.7 Å². The number of hydrogen-bond donors (Lipinski definition) is 1. The SMILES string of the molecule is NC(=O)c1cncc(Oc2cc(F)c(CN3CCCC3)c(Cl)c2)n1. The molecule has 0 radical (unpaired) electrons. The molecule has 0 spiro atoms. The summed E-state index contributed by atoms with van der Waals surface area (Å²) in [5, 5.41) is 0.288. The van der Waals surface area contributed by atoms with Crippen molar-refractivity contribution in [3.63, 3.8) is 0 Å². The van der Waals surface area contributed by atoms with Gasteiger partial charge in [-0.25, -0.2) is 9.37 Å². The number of aromatic nitrogens is 2. The Morgan fingerprint density at radius 1 is 1.33 bits per heavy atom. The lowest BCUT2D eigenvalue weighted by Gasteiger charge is -2.17. The van der Waals surface area contributed by atoms with Crippen LogP contribution in [-0.2, 0) is 6.54 Å². The Hall–Kier alpha value is -2.25. The average Bonchev–Trinajstić information content (AvgIpc) is 3.04. The number of carbonyl (C=O) groups excluding carboxylic acids is 1. The molecule has 2 heterocycles. The Bertz CT molecular complexity index is 742. The second-order valence-electron chi connectivity index (χ2n) is 5.56. The number of nitrogens with zero attached hydrogens (tertiary/aromatic N) is 3. The first-order valence-corrected chi connectivity index (χ1v) is 7.90. The third-order valence-corrected chi connectivity index (χ3v) is 4.12. The van der Waals surface area contributed by atoms with Crippen LogP contribution in [0.5, 0.6) is 11.6 Å².